The molecule has 0 N–H and O–H groups in total. The maximum atomic E-state index is 5.10. The molecule has 0 saturated heterocycles. The van der Waals surface area contributed by atoms with E-state index in [1.165, 1.54) is 11.1 Å². The molecule has 15 heavy (non-hydrogen) atoms. The molecular weight excluding hydrogens is 220 g/mol. The van der Waals surface area contributed by atoms with Gasteiger partial charge in [-0.25, -0.2) is 0 Å². The largest absolute Gasteiger partial charge is 0.0846 e. The van der Waals surface area contributed by atoms with E-state index in [9.17, 15) is 0 Å². The van der Waals surface area contributed by atoms with Gasteiger partial charge in [-0.15, -0.1) is 0 Å². The molecule has 0 fully saturated rings. The van der Waals surface area contributed by atoms with Gasteiger partial charge in [-0.3, -0.25) is 0 Å². The average molecular weight is 232 g/mol. The fourth-order valence-electron chi connectivity index (χ4n) is 1.63. The second-order valence-corrected chi connectivity index (χ2v) is 4.79. The van der Waals surface area contributed by atoms with Crippen molar-refractivity contribution in [3.05, 3.63) is 47.6 Å². The summed E-state index contributed by atoms with van der Waals surface area (Å²) in [6.45, 7) is 0. The van der Waals surface area contributed by atoms with Crippen molar-refractivity contribution < 1.29 is 0 Å². The van der Waals surface area contributed by atoms with Crippen molar-refractivity contribution in [2.75, 3.05) is 0 Å². The number of rotatable bonds is 2. The van der Waals surface area contributed by atoms with E-state index >= 15 is 0 Å². The highest BCUT2D eigenvalue weighted by Gasteiger charge is 2.05. The second-order valence-electron chi connectivity index (χ2n) is 3.74. The van der Waals surface area contributed by atoms with Crippen LogP contribution in [0.4, 0.5) is 0 Å². The molecule has 76 valence electrons. The molecule has 2 rings (SSSR count). The van der Waals surface area contributed by atoms with Gasteiger partial charge in [0.1, 0.15) is 0 Å². The van der Waals surface area contributed by atoms with E-state index in [4.69, 9.17) is 24.4 Å². The van der Waals surface area contributed by atoms with Crippen LogP contribution in [0, 0.1) is 0 Å². The summed E-state index contributed by atoms with van der Waals surface area (Å²) in [7, 11) is 0. The Balaban J connectivity index is 1.99. The lowest BCUT2D eigenvalue weighted by molar-refractivity contribution is 1.16. The molecule has 0 heterocycles. The Labute approximate surface area is 101 Å². The fourth-order valence-corrected chi connectivity index (χ4v) is 1.94. The molecule has 0 atom stereocenters. The maximum Gasteiger partial charge on any atom is 0.0190 e. The molecule has 0 saturated carbocycles. The Kier molecular flexibility index (Phi) is 3.39. The zero-order valence-corrected chi connectivity index (χ0v) is 10.0. The molecule has 0 nitrogen and oxygen atoms in total. The molecule has 2 heteroatoms. The first-order chi connectivity index (χ1) is 7.24. The molecule has 2 aliphatic carbocycles. The van der Waals surface area contributed by atoms with Gasteiger partial charge in [0.15, 0.2) is 0 Å². The van der Waals surface area contributed by atoms with Crippen LogP contribution in [0.2, 0.25) is 0 Å². The lowest BCUT2D eigenvalue weighted by Gasteiger charge is -2.10. The maximum absolute atomic E-state index is 5.10. The minimum absolute atomic E-state index is 0.913. The lowest BCUT2D eigenvalue weighted by atomic mass is 9.96. The predicted octanol–water partition coefficient (Wildman–Crippen LogP) is 3.89. The Morgan fingerprint density at radius 3 is 1.60 bits per heavy atom. The summed E-state index contributed by atoms with van der Waals surface area (Å²) in [6.07, 6.45) is 15.5. The third-order valence-corrected chi connectivity index (χ3v) is 3.11. The molecule has 0 aromatic rings. The molecule has 2 aliphatic rings. The topological polar surface area (TPSA) is 0 Å². The predicted molar refractivity (Wildman–Crippen MR) is 73.5 cm³/mol. The molecular formula is C13H12S2. The third kappa shape index (κ3) is 3.05. The zero-order chi connectivity index (χ0) is 10.7. The van der Waals surface area contributed by atoms with Crippen LogP contribution in [0.25, 0.3) is 0 Å². The number of allylic oxidation sites excluding steroid dienone is 8. The third-order valence-electron chi connectivity index (χ3n) is 2.51. The van der Waals surface area contributed by atoms with E-state index in [1.807, 2.05) is 12.2 Å². The van der Waals surface area contributed by atoms with Crippen LogP contribution >= 0.6 is 24.4 Å². The first-order valence-corrected chi connectivity index (χ1v) is 5.85. The molecule has 0 aromatic carbocycles. The average Bonchev–Trinajstić information content (AvgIpc) is 2.25. The van der Waals surface area contributed by atoms with Gasteiger partial charge in [0.25, 0.3) is 0 Å². The zero-order valence-electron chi connectivity index (χ0n) is 8.40. The van der Waals surface area contributed by atoms with Gasteiger partial charge in [0.2, 0.25) is 0 Å². The molecule has 0 unspecified atom stereocenters. The summed E-state index contributed by atoms with van der Waals surface area (Å²) >= 11 is 10.2. The van der Waals surface area contributed by atoms with Crippen molar-refractivity contribution >= 4 is 34.2 Å². The van der Waals surface area contributed by atoms with Crippen LogP contribution in [-0.2, 0) is 0 Å². The van der Waals surface area contributed by atoms with Crippen LogP contribution in [-0.4, -0.2) is 9.73 Å². The molecule has 0 radical (unpaired) electrons. The van der Waals surface area contributed by atoms with Crippen molar-refractivity contribution in [1.82, 2.24) is 0 Å². The second kappa shape index (κ2) is 4.77. The summed E-state index contributed by atoms with van der Waals surface area (Å²) in [6, 6.07) is 0. The molecule has 0 amide bonds. The summed E-state index contributed by atoms with van der Waals surface area (Å²) in [5.74, 6) is 0. The Bertz CT molecular complexity index is 380. The van der Waals surface area contributed by atoms with Crippen molar-refractivity contribution in [2.24, 2.45) is 0 Å². The lowest BCUT2D eigenvalue weighted by Crippen LogP contribution is -1.98. The van der Waals surface area contributed by atoms with Gasteiger partial charge < -0.3 is 0 Å². The van der Waals surface area contributed by atoms with Gasteiger partial charge in [-0.2, -0.15) is 0 Å². The summed E-state index contributed by atoms with van der Waals surface area (Å²) < 4.78 is 0. The van der Waals surface area contributed by atoms with E-state index in [1.54, 1.807) is 0 Å². The van der Waals surface area contributed by atoms with Gasteiger partial charge in [-0.05, 0) is 29.7 Å². The van der Waals surface area contributed by atoms with Gasteiger partial charge in [0, 0.05) is 22.6 Å². The molecule has 0 aliphatic heterocycles. The van der Waals surface area contributed by atoms with Crippen molar-refractivity contribution in [3.8, 4) is 0 Å². The van der Waals surface area contributed by atoms with Gasteiger partial charge in [0.05, 0.1) is 0 Å². The van der Waals surface area contributed by atoms with Crippen LogP contribution < -0.4 is 0 Å². The van der Waals surface area contributed by atoms with Crippen molar-refractivity contribution in [2.45, 2.75) is 19.3 Å². The standard InChI is InChI=1S/C13H12S2/c14-12-5-1-10(2-6-12)9-11-3-7-13(15)8-4-11/h1-5,7H,6,8-9H2. The van der Waals surface area contributed by atoms with E-state index in [-0.39, 0.29) is 0 Å². The minimum atomic E-state index is 0.913. The van der Waals surface area contributed by atoms with Crippen molar-refractivity contribution in [3.63, 3.8) is 0 Å². The molecule has 0 bridgehead atoms. The van der Waals surface area contributed by atoms with E-state index in [0.29, 0.717) is 0 Å². The highest BCUT2D eigenvalue weighted by atomic mass is 32.1. The van der Waals surface area contributed by atoms with Gasteiger partial charge in [-0.1, -0.05) is 48.7 Å². The van der Waals surface area contributed by atoms with E-state index in [2.05, 4.69) is 24.3 Å². The first kappa shape index (κ1) is 10.7. The molecule has 0 spiro atoms. The summed E-state index contributed by atoms with van der Waals surface area (Å²) in [5, 5.41) is 0. The number of hydrogen-bond acceptors (Lipinski definition) is 2. The molecule has 0 aromatic heterocycles. The van der Waals surface area contributed by atoms with Crippen LogP contribution in [0.1, 0.15) is 19.3 Å². The van der Waals surface area contributed by atoms with Gasteiger partial charge >= 0.3 is 0 Å². The monoisotopic (exact) mass is 232 g/mol. The summed E-state index contributed by atoms with van der Waals surface area (Å²) in [4.78, 5) is 2.04. The Morgan fingerprint density at radius 1 is 0.800 bits per heavy atom. The fraction of sp³-hybridized carbons (Fsp3) is 0.231. The first-order valence-electron chi connectivity index (χ1n) is 5.04. The highest BCUT2D eigenvalue weighted by Crippen LogP contribution is 2.20. The number of thiocarbonyl (C=S) groups is 2. The normalized spacial score (nSPS) is 20.3. The highest BCUT2D eigenvalue weighted by molar-refractivity contribution is 7.81. The van der Waals surface area contributed by atoms with E-state index in [0.717, 1.165) is 29.0 Å². The Hall–Kier alpha value is -0.860. The van der Waals surface area contributed by atoms with E-state index < -0.39 is 0 Å². The van der Waals surface area contributed by atoms with Crippen molar-refractivity contribution in [1.29, 1.82) is 0 Å². The minimum Gasteiger partial charge on any atom is -0.0846 e. The van der Waals surface area contributed by atoms with Crippen LogP contribution in [0.15, 0.2) is 47.6 Å². The SMILES string of the molecule is S=C1C=CC(CC2=CCC(=S)C=C2)=CC1. The smallest absolute Gasteiger partial charge is 0.0190 e. The summed E-state index contributed by atoms with van der Waals surface area (Å²) in [5.41, 5.74) is 2.71. The number of hydrogen-bond donors (Lipinski definition) is 0. The van der Waals surface area contributed by atoms with Crippen LogP contribution in [0.3, 0.4) is 0 Å². The van der Waals surface area contributed by atoms with Crippen LogP contribution in [0.5, 0.6) is 0 Å². The quantitative estimate of drug-likeness (QED) is 0.662. The Morgan fingerprint density at radius 2 is 1.27 bits per heavy atom.